The Labute approximate surface area is 174 Å². The molecule has 0 saturated carbocycles. The number of rotatable bonds is 12. The molecule has 0 fully saturated rings. The van der Waals surface area contributed by atoms with Crippen molar-refractivity contribution in [2.75, 3.05) is 33.4 Å². The molecule has 2 aromatic rings. The number of hydrogen-bond acceptors (Lipinski definition) is 4. The van der Waals surface area contributed by atoms with Gasteiger partial charge in [-0.15, -0.1) is 0 Å². The standard InChI is InChI=1S/C23H33N3O3/c1-4-24-23(25-16-8-9-17-28-5-2)26-18-19-12-14-20(15-13-19)29-22-11-7-6-10-21(22)27-3/h6-7,10-15H,4-5,8-9,16-18H2,1-3H3,(H2,24,25,26). The van der Waals surface area contributed by atoms with E-state index in [4.69, 9.17) is 14.2 Å². The number of nitrogens with zero attached hydrogens (tertiary/aromatic N) is 1. The molecule has 6 nitrogen and oxygen atoms in total. The van der Waals surface area contributed by atoms with E-state index in [0.717, 1.165) is 56.4 Å². The Balaban J connectivity index is 1.86. The summed E-state index contributed by atoms with van der Waals surface area (Å²) in [4.78, 5) is 4.66. The molecular weight excluding hydrogens is 366 g/mol. The van der Waals surface area contributed by atoms with E-state index in [2.05, 4.69) is 22.5 Å². The van der Waals surface area contributed by atoms with Gasteiger partial charge in [-0.25, -0.2) is 4.99 Å². The number of para-hydroxylation sites is 2. The highest BCUT2D eigenvalue weighted by Crippen LogP contribution is 2.30. The number of guanidine groups is 1. The summed E-state index contributed by atoms with van der Waals surface area (Å²) in [6.07, 6.45) is 2.10. The Morgan fingerprint density at radius 2 is 1.69 bits per heavy atom. The number of unbranched alkanes of at least 4 members (excludes halogenated alkanes) is 1. The number of ether oxygens (including phenoxy) is 3. The molecule has 0 bridgehead atoms. The van der Waals surface area contributed by atoms with Crippen molar-refractivity contribution in [1.82, 2.24) is 10.6 Å². The lowest BCUT2D eigenvalue weighted by molar-refractivity contribution is 0.143. The molecule has 0 radical (unpaired) electrons. The third-order valence-corrected chi connectivity index (χ3v) is 4.20. The minimum atomic E-state index is 0.600. The summed E-state index contributed by atoms with van der Waals surface area (Å²) in [5.74, 6) is 3.01. The second-order valence-corrected chi connectivity index (χ2v) is 6.42. The lowest BCUT2D eigenvalue weighted by Crippen LogP contribution is -2.37. The number of methoxy groups -OCH3 is 1. The van der Waals surface area contributed by atoms with Crippen LogP contribution in [0, 0.1) is 0 Å². The predicted octanol–water partition coefficient (Wildman–Crippen LogP) is 4.36. The van der Waals surface area contributed by atoms with Crippen LogP contribution in [0.5, 0.6) is 17.2 Å². The average molecular weight is 400 g/mol. The lowest BCUT2D eigenvalue weighted by Gasteiger charge is -2.12. The van der Waals surface area contributed by atoms with E-state index in [1.165, 1.54) is 0 Å². The smallest absolute Gasteiger partial charge is 0.191 e. The third kappa shape index (κ3) is 8.44. The van der Waals surface area contributed by atoms with Gasteiger partial charge in [0.25, 0.3) is 0 Å². The van der Waals surface area contributed by atoms with Gasteiger partial charge in [0.15, 0.2) is 17.5 Å². The topological polar surface area (TPSA) is 64.1 Å². The molecule has 2 rings (SSSR count). The lowest BCUT2D eigenvalue weighted by atomic mass is 10.2. The molecule has 0 amide bonds. The maximum absolute atomic E-state index is 5.92. The van der Waals surface area contributed by atoms with Crippen molar-refractivity contribution in [3.63, 3.8) is 0 Å². The Morgan fingerprint density at radius 3 is 2.38 bits per heavy atom. The molecule has 0 aliphatic heterocycles. The highest BCUT2D eigenvalue weighted by atomic mass is 16.5. The second-order valence-electron chi connectivity index (χ2n) is 6.42. The first kappa shape index (κ1) is 22.6. The molecular formula is C23H33N3O3. The fourth-order valence-corrected chi connectivity index (χ4v) is 2.69. The van der Waals surface area contributed by atoms with Crippen molar-refractivity contribution in [1.29, 1.82) is 0 Å². The fraction of sp³-hybridized carbons (Fsp3) is 0.435. The SMILES string of the molecule is CCNC(=NCc1ccc(Oc2ccccc2OC)cc1)NCCCCOCC. The predicted molar refractivity (Wildman–Crippen MR) is 118 cm³/mol. The van der Waals surface area contributed by atoms with Crippen molar-refractivity contribution < 1.29 is 14.2 Å². The summed E-state index contributed by atoms with van der Waals surface area (Å²) in [7, 11) is 1.64. The zero-order chi connectivity index (χ0) is 20.7. The van der Waals surface area contributed by atoms with Crippen LogP contribution in [0.25, 0.3) is 0 Å². The van der Waals surface area contributed by atoms with Gasteiger partial charge in [-0.1, -0.05) is 24.3 Å². The van der Waals surface area contributed by atoms with E-state index >= 15 is 0 Å². The minimum Gasteiger partial charge on any atom is -0.493 e. The van der Waals surface area contributed by atoms with Gasteiger partial charge in [0, 0.05) is 26.3 Å². The second kappa shape index (κ2) is 13.4. The largest absolute Gasteiger partial charge is 0.493 e. The molecule has 6 heteroatoms. The van der Waals surface area contributed by atoms with Gasteiger partial charge >= 0.3 is 0 Å². The van der Waals surface area contributed by atoms with Gasteiger partial charge in [0.2, 0.25) is 0 Å². The maximum atomic E-state index is 5.92. The summed E-state index contributed by atoms with van der Waals surface area (Å²) in [5, 5.41) is 6.65. The van der Waals surface area contributed by atoms with Gasteiger partial charge in [0.05, 0.1) is 13.7 Å². The number of nitrogens with one attached hydrogen (secondary N) is 2. The first-order valence-corrected chi connectivity index (χ1v) is 10.3. The molecule has 0 aliphatic carbocycles. The maximum Gasteiger partial charge on any atom is 0.191 e. The molecule has 0 atom stereocenters. The van der Waals surface area contributed by atoms with E-state index in [1.54, 1.807) is 7.11 Å². The van der Waals surface area contributed by atoms with E-state index in [1.807, 2.05) is 55.5 Å². The van der Waals surface area contributed by atoms with Gasteiger partial charge in [0.1, 0.15) is 5.75 Å². The minimum absolute atomic E-state index is 0.600. The molecule has 2 N–H and O–H groups in total. The molecule has 29 heavy (non-hydrogen) atoms. The summed E-state index contributed by atoms with van der Waals surface area (Å²) in [6.45, 7) is 7.99. The Kier molecular flexibility index (Phi) is 10.5. The molecule has 2 aromatic carbocycles. The van der Waals surface area contributed by atoms with Crippen LogP contribution in [0.1, 0.15) is 32.3 Å². The first-order chi connectivity index (χ1) is 14.3. The van der Waals surface area contributed by atoms with Crippen LogP contribution in [-0.4, -0.2) is 39.4 Å². The van der Waals surface area contributed by atoms with E-state index in [0.29, 0.717) is 18.0 Å². The number of aliphatic imine (C=N–C) groups is 1. The van der Waals surface area contributed by atoms with E-state index in [-0.39, 0.29) is 0 Å². The molecule has 0 heterocycles. The molecule has 0 aromatic heterocycles. The normalized spacial score (nSPS) is 11.2. The van der Waals surface area contributed by atoms with Crippen LogP contribution in [0.4, 0.5) is 0 Å². The Morgan fingerprint density at radius 1 is 0.931 bits per heavy atom. The summed E-state index contributed by atoms with van der Waals surface area (Å²) < 4.78 is 16.6. The van der Waals surface area contributed by atoms with Crippen molar-refractivity contribution in [2.45, 2.75) is 33.2 Å². The highest BCUT2D eigenvalue weighted by molar-refractivity contribution is 5.79. The summed E-state index contributed by atoms with van der Waals surface area (Å²) in [5.41, 5.74) is 1.12. The zero-order valence-electron chi connectivity index (χ0n) is 17.7. The first-order valence-electron chi connectivity index (χ1n) is 10.3. The fourth-order valence-electron chi connectivity index (χ4n) is 2.69. The van der Waals surface area contributed by atoms with Crippen molar-refractivity contribution in [2.24, 2.45) is 4.99 Å². The monoisotopic (exact) mass is 399 g/mol. The van der Waals surface area contributed by atoms with Crippen molar-refractivity contribution in [3.8, 4) is 17.2 Å². The summed E-state index contributed by atoms with van der Waals surface area (Å²) >= 11 is 0. The van der Waals surface area contributed by atoms with Crippen LogP contribution in [0.2, 0.25) is 0 Å². The van der Waals surface area contributed by atoms with Gasteiger partial charge in [-0.05, 0) is 56.5 Å². The quantitative estimate of drug-likeness (QED) is 0.315. The third-order valence-electron chi connectivity index (χ3n) is 4.20. The molecule has 0 aliphatic rings. The highest BCUT2D eigenvalue weighted by Gasteiger charge is 2.04. The molecule has 0 spiro atoms. The zero-order valence-corrected chi connectivity index (χ0v) is 17.7. The van der Waals surface area contributed by atoms with E-state index in [9.17, 15) is 0 Å². The molecule has 158 valence electrons. The van der Waals surface area contributed by atoms with Crippen LogP contribution < -0.4 is 20.1 Å². The number of benzene rings is 2. The van der Waals surface area contributed by atoms with Crippen molar-refractivity contribution >= 4 is 5.96 Å². The van der Waals surface area contributed by atoms with Crippen LogP contribution >= 0.6 is 0 Å². The Bertz CT molecular complexity index is 732. The van der Waals surface area contributed by atoms with Gasteiger partial charge < -0.3 is 24.8 Å². The molecule has 0 saturated heterocycles. The van der Waals surface area contributed by atoms with Crippen LogP contribution in [-0.2, 0) is 11.3 Å². The van der Waals surface area contributed by atoms with Crippen molar-refractivity contribution in [3.05, 3.63) is 54.1 Å². The summed E-state index contributed by atoms with van der Waals surface area (Å²) in [6, 6.07) is 15.6. The number of hydrogen-bond donors (Lipinski definition) is 2. The van der Waals surface area contributed by atoms with Crippen LogP contribution in [0.3, 0.4) is 0 Å². The van der Waals surface area contributed by atoms with Gasteiger partial charge in [-0.3, -0.25) is 0 Å². The Hall–Kier alpha value is -2.73. The van der Waals surface area contributed by atoms with Crippen LogP contribution in [0.15, 0.2) is 53.5 Å². The van der Waals surface area contributed by atoms with Gasteiger partial charge in [-0.2, -0.15) is 0 Å². The van der Waals surface area contributed by atoms with E-state index < -0.39 is 0 Å². The average Bonchev–Trinajstić information content (AvgIpc) is 2.75. The molecule has 0 unspecified atom stereocenters.